The Bertz CT molecular complexity index is 611. The third-order valence-electron chi connectivity index (χ3n) is 2.93. The lowest BCUT2D eigenvalue weighted by Gasteiger charge is -2.11. The molecule has 0 aliphatic heterocycles. The summed E-state index contributed by atoms with van der Waals surface area (Å²) < 4.78 is 7.98. The first-order chi connectivity index (χ1) is 9.45. The van der Waals surface area contributed by atoms with Gasteiger partial charge in [0.2, 0.25) is 0 Å². The fourth-order valence-corrected chi connectivity index (χ4v) is 2.69. The Kier molecular flexibility index (Phi) is 5.24. The van der Waals surface area contributed by atoms with Gasteiger partial charge in [-0.05, 0) is 61.7 Å². The second-order valence-electron chi connectivity index (χ2n) is 4.95. The zero-order chi connectivity index (χ0) is 14.7. The zero-order valence-electron chi connectivity index (χ0n) is 11.5. The highest BCUT2D eigenvalue weighted by atomic mass is 79.9. The lowest BCUT2D eigenvalue weighted by molar-refractivity contribution is 0.481. The molecule has 0 fully saturated rings. The van der Waals surface area contributed by atoms with Crippen LogP contribution in [-0.2, 0) is 6.42 Å². The molecule has 0 aliphatic carbocycles. The van der Waals surface area contributed by atoms with Gasteiger partial charge in [0.25, 0.3) is 0 Å². The van der Waals surface area contributed by atoms with Gasteiger partial charge in [0, 0.05) is 15.0 Å². The molecule has 0 aliphatic rings. The van der Waals surface area contributed by atoms with Crippen LogP contribution in [0.2, 0.25) is 0 Å². The summed E-state index contributed by atoms with van der Waals surface area (Å²) in [6.07, 6.45) is 0.845. The van der Waals surface area contributed by atoms with Gasteiger partial charge in [-0.25, -0.2) is 0 Å². The molecular weight excluding hydrogens is 382 g/mol. The highest BCUT2D eigenvalue weighted by molar-refractivity contribution is 9.10. The van der Waals surface area contributed by atoms with Gasteiger partial charge in [0.1, 0.15) is 11.5 Å². The Hall–Kier alpha value is -0.840. The van der Waals surface area contributed by atoms with Gasteiger partial charge in [-0.2, -0.15) is 0 Å². The van der Waals surface area contributed by atoms with Crippen LogP contribution >= 0.6 is 31.9 Å². The number of ether oxygens (including phenoxy) is 1. The van der Waals surface area contributed by atoms with Crippen molar-refractivity contribution in [2.75, 3.05) is 0 Å². The molecule has 0 spiro atoms. The summed E-state index contributed by atoms with van der Waals surface area (Å²) >= 11 is 7.06. The van der Waals surface area contributed by atoms with Crippen LogP contribution in [0.25, 0.3) is 0 Å². The maximum atomic E-state index is 5.87. The molecule has 2 rings (SSSR count). The average Bonchev–Trinajstić information content (AvgIpc) is 2.37. The summed E-state index contributed by atoms with van der Waals surface area (Å²) in [5, 5.41) is 0. The summed E-state index contributed by atoms with van der Waals surface area (Å²) in [6, 6.07) is 12.1. The van der Waals surface area contributed by atoms with Crippen molar-refractivity contribution in [3.63, 3.8) is 0 Å². The van der Waals surface area contributed by atoms with Gasteiger partial charge in [0.15, 0.2) is 0 Å². The minimum absolute atomic E-state index is 0.146. The number of nitrogens with two attached hydrogens (primary N) is 1. The van der Waals surface area contributed by atoms with Gasteiger partial charge < -0.3 is 10.5 Å². The second-order valence-corrected chi connectivity index (χ2v) is 6.66. The van der Waals surface area contributed by atoms with E-state index in [9.17, 15) is 0 Å². The van der Waals surface area contributed by atoms with E-state index in [-0.39, 0.29) is 6.04 Å². The Labute approximate surface area is 136 Å². The second kappa shape index (κ2) is 6.74. The summed E-state index contributed by atoms with van der Waals surface area (Å²) in [5.74, 6) is 1.64. The van der Waals surface area contributed by atoms with E-state index in [0.717, 1.165) is 32.4 Å². The Balaban J connectivity index is 2.17. The minimum atomic E-state index is 0.146. The fraction of sp³-hybridized carbons (Fsp3) is 0.250. The number of halogens is 2. The van der Waals surface area contributed by atoms with E-state index in [0.29, 0.717) is 0 Å². The highest BCUT2D eigenvalue weighted by Gasteiger charge is 2.06. The fourth-order valence-electron chi connectivity index (χ4n) is 1.92. The molecule has 0 saturated carbocycles. The van der Waals surface area contributed by atoms with Crippen LogP contribution in [0.5, 0.6) is 11.5 Å². The van der Waals surface area contributed by atoms with Crippen molar-refractivity contribution in [2.24, 2.45) is 5.73 Å². The van der Waals surface area contributed by atoms with Crippen molar-refractivity contribution < 1.29 is 4.74 Å². The number of rotatable bonds is 4. The van der Waals surface area contributed by atoms with Gasteiger partial charge >= 0.3 is 0 Å². The molecule has 2 aromatic rings. The minimum Gasteiger partial charge on any atom is -0.457 e. The summed E-state index contributed by atoms with van der Waals surface area (Å²) in [7, 11) is 0. The molecule has 0 bridgehead atoms. The van der Waals surface area contributed by atoms with Gasteiger partial charge in [0.05, 0.1) is 0 Å². The van der Waals surface area contributed by atoms with Crippen LogP contribution < -0.4 is 10.5 Å². The topological polar surface area (TPSA) is 35.2 Å². The first-order valence-corrected chi connectivity index (χ1v) is 8.02. The maximum absolute atomic E-state index is 5.87. The summed E-state index contributed by atoms with van der Waals surface area (Å²) in [5.41, 5.74) is 8.17. The quantitative estimate of drug-likeness (QED) is 0.767. The molecule has 106 valence electrons. The predicted octanol–water partition coefficient (Wildman–Crippen LogP) is 5.20. The largest absolute Gasteiger partial charge is 0.457 e. The first-order valence-electron chi connectivity index (χ1n) is 6.43. The first kappa shape index (κ1) is 15.5. The number of hydrogen-bond acceptors (Lipinski definition) is 2. The molecule has 1 atom stereocenters. The van der Waals surface area contributed by atoms with Crippen LogP contribution in [-0.4, -0.2) is 6.04 Å². The molecule has 2 aromatic carbocycles. The molecule has 0 aromatic heterocycles. The van der Waals surface area contributed by atoms with E-state index in [4.69, 9.17) is 10.5 Å². The lowest BCUT2D eigenvalue weighted by Crippen LogP contribution is -2.17. The Morgan fingerprint density at radius 2 is 1.70 bits per heavy atom. The highest BCUT2D eigenvalue weighted by Crippen LogP contribution is 2.29. The van der Waals surface area contributed by atoms with E-state index in [2.05, 4.69) is 37.9 Å². The molecule has 2 N–H and O–H groups in total. The monoisotopic (exact) mass is 397 g/mol. The van der Waals surface area contributed by atoms with Gasteiger partial charge in [-0.1, -0.05) is 37.9 Å². The van der Waals surface area contributed by atoms with E-state index in [1.807, 2.05) is 44.2 Å². The van der Waals surface area contributed by atoms with E-state index < -0.39 is 0 Å². The van der Waals surface area contributed by atoms with Crippen molar-refractivity contribution in [1.82, 2.24) is 0 Å². The molecule has 20 heavy (non-hydrogen) atoms. The molecular formula is C16H17Br2NO. The average molecular weight is 399 g/mol. The maximum Gasteiger partial charge on any atom is 0.128 e. The number of hydrogen-bond donors (Lipinski definition) is 1. The van der Waals surface area contributed by atoms with Crippen molar-refractivity contribution >= 4 is 31.9 Å². The molecule has 4 heteroatoms. The van der Waals surface area contributed by atoms with Crippen molar-refractivity contribution in [3.8, 4) is 11.5 Å². The molecule has 0 radical (unpaired) electrons. The third-order valence-corrected chi connectivity index (χ3v) is 4.56. The van der Waals surface area contributed by atoms with E-state index in [1.54, 1.807) is 0 Å². The van der Waals surface area contributed by atoms with E-state index >= 15 is 0 Å². The molecule has 0 heterocycles. The zero-order valence-corrected chi connectivity index (χ0v) is 14.7. The third kappa shape index (κ3) is 4.08. The lowest BCUT2D eigenvalue weighted by atomic mass is 10.1. The normalized spacial score (nSPS) is 12.2. The smallest absolute Gasteiger partial charge is 0.128 e. The summed E-state index contributed by atoms with van der Waals surface area (Å²) in [6.45, 7) is 4.04. The standard InChI is InChI=1S/C16H17Br2NO/c1-10-7-13(5-6-15(10)17)20-14-4-3-12(8-11(2)19)16(18)9-14/h3-7,9,11H,8,19H2,1-2H3. The van der Waals surface area contributed by atoms with Crippen LogP contribution in [0, 0.1) is 6.92 Å². The van der Waals surface area contributed by atoms with Crippen LogP contribution in [0.1, 0.15) is 18.1 Å². The molecule has 0 amide bonds. The van der Waals surface area contributed by atoms with Crippen LogP contribution in [0.3, 0.4) is 0 Å². The van der Waals surface area contributed by atoms with Gasteiger partial charge in [-0.15, -0.1) is 0 Å². The van der Waals surface area contributed by atoms with Gasteiger partial charge in [-0.3, -0.25) is 0 Å². The Morgan fingerprint density at radius 1 is 1.05 bits per heavy atom. The Morgan fingerprint density at radius 3 is 2.30 bits per heavy atom. The van der Waals surface area contributed by atoms with Crippen LogP contribution in [0.15, 0.2) is 45.3 Å². The van der Waals surface area contributed by atoms with Crippen molar-refractivity contribution in [3.05, 3.63) is 56.5 Å². The molecule has 0 saturated heterocycles. The molecule has 1 unspecified atom stereocenters. The van der Waals surface area contributed by atoms with E-state index in [1.165, 1.54) is 5.56 Å². The van der Waals surface area contributed by atoms with Crippen molar-refractivity contribution in [2.45, 2.75) is 26.3 Å². The molecule has 2 nitrogen and oxygen atoms in total. The number of aryl methyl sites for hydroxylation is 1. The van der Waals surface area contributed by atoms with Crippen LogP contribution in [0.4, 0.5) is 0 Å². The summed E-state index contributed by atoms with van der Waals surface area (Å²) in [4.78, 5) is 0. The predicted molar refractivity (Wildman–Crippen MR) is 90.4 cm³/mol. The van der Waals surface area contributed by atoms with Crippen molar-refractivity contribution in [1.29, 1.82) is 0 Å². The SMILES string of the molecule is Cc1cc(Oc2ccc(CC(C)N)c(Br)c2)ccc1Br. The number of benzene rings is 2.